The van der Waals surface area contributed by atoms with Crippen molar-refractivity contribution in [3.8, 4) is 0 Å². The Morgan fingerprint density at radius 2 is 2.03 bits per heavy atom. The first-order valence-corrected chi connectivity index (χ1v) is 10.7. The smallest absolute Gasteiger partial charge is 0.252 e. The maximum absolute atomic E-state index is 14.7. The lowest BCUT2D eigenvalue weighted by Crippen LogP contribution is -2.43. The molecular weight excluding hydrogens is 416 g/mol. The Morgan fingerprint density at radius 3 is 2.75 bits per heavy atom. The van der Waals surface area contributed by atoms with E-state index in [0.717, 1.165) is 48.3 Å². The molecule has 0 saturated heterocycles. The molecule has 3 aromatic rings. The van der Waals surface area contributed by atoms with Crippen LogP contribution < -0.4 is 22.1 Å². The number of carbonyl (C=O) groups excluding carboxylic acids is 1. The lowest BCUT2D eigenvalue weighted by molar-refractivity contribution is 0.100. The molecule has 0 bridgehead atoms. The number of rotatable bonds is 7. The highest BCUT2D eigenvalue weighted by Crippen LogP contribution is 2.29. The van der Waals surface area contributed by atoms with Crippen molar-refractivity contribution in [2.45, 2.75) is 51.2 Å². The largest absolute Gasteiger partial charge is 0.365 e. The summed E-state index contributed by atoms with van der Waals surface area (Å²) in [5.74, 6) is -1.31. The summed E-state index contributed by atoms with van der Waals surface area (Å²) in [4.78, 5) is 16.3. The molecule has 2 heterocycles. The highest BCUT2D eigenvalue weighted by molar-refractivity contribution is 5.99. The molecule has 0 spiro atoms. The Labute approximate surface area is 184 Å². The van der Waals surface area contributed by atoms with Gasteiger partial charge in [-0.2, -0.15) is 5.10 Å². The van der Waals surface area contributed by atoms with Crippen LogP contribution in [0.5, 0.6) is 0 Å². The number of alkyl halides is 1. The Morgan fingerprint density at radius 1 is 1.25 bits per heavy atom. The monoisotopic (exact) mass is 443 g/mol. The van der Waals surface area contributed by atoms with E-state index in [0.29, 0.717) is 5.69 Å². The molecule has 170 valence electrons. The molecule has 1 saturated carbocycles. The highest BCUT2D eigenvalue weighted by atomic mass is 19.1. The number of benzene rings is 1. The number of carbonyl (C=O) groups is 1. The van der Waals surface area contributed by atoms with Gasteiger partial charge in [-0.15, -0.1) is 0 Å². The standard InChI is InChI=1S/C22H27F2N7O/c1-12-14-10-13(6-7-19(14)31(30-12)9-8-23)27-21-15(20(26)32)11-16(24)22(29-21)28-18-5-3-2-4-17(18)25/h6-7,10-11,17-18H,2-5,8-9,25H2,1H3,(H2,26,32)(H2,27,28,29)/t17-,18+/m0/s1. The molecule has 1 aliphatic rings. The summed E-state index contributed by atoms with van der Waals surface area (Å²) in [6.45, 7) is 1.49. The normalized spacial score (nSPS) is 18.6. The number of fused-ring (bicyclic) bond motifs is 1. The molecule has 8 nitrogen and oxygen atoms in total. The summed E-state index contributed by atoms with van der Waals surface area (Å²) >= 11 is 0. The van der Waals surface area contributed by atoms with Gasteiger partial charge in [0.15, 0.2) is 11.6 Å². The summed E-state index contributed by atoms with van der Waals surface area (Å²) in [7, 11) is 0. The van der Waals surface area contributed by atoms with Crippen LogP contribution in [0.4, 0.5) is 26.1 Å². The van der Waals surface area contributed by atoms with Crippen LogP contribution in [0, 0.1) is 12.7 Å². The molecule has 6 N–H and O–H groups in total. The van der Waals surface area contributed by atoms with Crippen molar-refractivity contribution >= 4 is 34.1 Å². The number of primary amides is 1. The van der Waals surface area contributed by atoms with E-state index in [1.165, 1.54) is 0 Å². The number of halogens is 2. The van der Waals surface area contributed by atoms with Crippen LogP contribution in [0.1, 0.15) is 41.7 Å². The maximum Gasteiger partial charge on any atom is 0.252 e. The lowest BCUT2D eigenvalue weighted by atomic mass is 9.91. The Kier molecular flexibility index (Phi) is 6.22. The highest BCUT2D eigenvalue weighted by Gasteiger charge is 2.24. The van der Waals surface area contributed by atoms with Crippen LogP contribution in [-0.4, -0.2) is 39.4 Å². The van der Waals surface area contributed by atoms with Gasteiger partial charge < -0.3 is 22.1 Å². The number of hydrogen-bond donors (Lipinski definition) is 4. The van der Waals surface area contributed by atoms with Gasteiger partial charge in [0.1, 0.15) is 12.5 Å². The van der Waals surface area contributed by atoms with Gasteiger partial charge in [-0.05, 0) is 44.0 Å². The van der Waals surface area contributed by atoms with Gasteiger partial charge >= 0.3 is 0 Å². The Balaban J connectivity index is 1.67. The molecule has 32 heavy (non-hydrogen) atoms. The lowest BCUT2D eigenvalue weighted by Gasteiger charge is -2.30. The second kappa shape index (κ2) is 9.07. The topological polar surface area (TPSA) is 124 Å². The quantitative estimate of drug-likeness (QED) is 0.444. The van der Waals surface area contributed by atoms with E-state index in [2.05, 4.69) is 20.7 Å². The molecule has 1 amide bonds. The average Bonchev–Trinajstić information content (AvgIpc) is 3.07. The van der Waals surface area contributed by atoms with E-state index in [9.17, 15) is 13.6 Å². The molecule has 0 radical (unpaired) electrons. The van der Waals surface area contributed by atoms with Gasteiger partial charge in [0, 0.05) is 23.2 Å². The fourth-order valence-corrected chi connectivity index (χ4v) is 4.19. The number of anilines is 3. The van der Waals surface area contributed by atoms with Gasteiger partial charge in [0.05, 0.1) is 23.3 Å². The molecule has 1 fully saturated rings. The molecule has 10 heteroatoms. The number of amides is 1. The van der Waals surface area contributed by atoms with Gasteiger partial charge in [0.25, 0.3) is 5.91 Å². The number of hydrogen-bond acceptors (Lipinski definition) is 6. The molecule has 1 aliphatic carbocycles. The molecule has 4 rings (SSSR count). The summed E-state index contributed by atoms with van der Waals surface area (Å²) in [6.07, 6.45) is 3.74. The minimum atomic E-state index is -0.798. The van der Waals surface area contributed by atoms with Crippen LogP contribution in [0.2, 0.25) is 0 Å². The SMILES string of the molecule is Cc1nn(CCF)c2ccc(Nc3nc(N[C@@H]4CCCC[C@@H]4N)c(F)cc3C(N)=O)cc12. The molecule has 2 atom stereocenters. The molecule has 2 aromatic heterocycles. The first-order chi connectivity index (χ1) is 15.4. The van der Waals surface area contributed by atoms with Crippen LogP contribution in [0.25, 0.3) is 10.9 Å². The number of aromatic nitrogens is 3. The second-order valence-corrected chi connectivity index (χ2v) is 8.13. The van der Waals surface area contributed by atoms with Crippen LogP contribution in [0.15, 0.2) is 24.3 Å². The Bertz CT molecular complexity index is 1150. The minimum Gasteiger partial charge on any atom is -0.365 e. The van der Waals surface area contributed by atoms with E-state index in [-0.39, 0.29) is 35.8 Å². The van der Waals surface area contributed by atoms with E-state index in [1.807, 2.05) is 13.0 Å². The molecule has 0 unspecified atom stereocenters. The second-order valence-electron chi connectivity index (χ2n) is 8.13. The van der Waals surface area contributed by atoms with Crippen molar-refractivity contribution in [2.24, 2.45) is 11.5 Å². The van der Waals surface area contributed by atoms with Gasteiger partial charge in [-0.25, -0.2) is 13.8 Å². The number of nitrogens with one attached hydrogen (secondary N) is 2. The minimum absolute atomic E-state index is 0.0212. The van der Waals surface area contributed by atoms with E-state index < -0.39 is 18.4 Å². The van der Waals surface area contributed by atoms with Crippen molar-refractivity contribution in [3.05, 3.63) is 41.3 Å². The third-order valence-corrected chi connectivity index (χ3v) is 5.88. The van der Waals surface area contributed by atoms with Crippen molar-refractivity contribution in [2.75, 3.05) is 17.3 Å². The zero-order chi connectivity index (χ0) is 22.8. The summed E-state index contributed by atoms with van der Waals surface area (Å²) in [6, 6.07) is 6.28. The van der Waals surface area contributed by atoms with E-state index >= 15 is 0 Å². The summed E-state index contributed by atoms with van der Waals surface area (Å²) < 4.78 is 29.1. The maximum atomic E-state index is 14.7. The van der Waals surface area contributed by atoms with Crippen LogP contribution in [0.3, 0.4) is 0 Å². The average molecular weight is 444 g/mol. The van der Waals surface area contributed by atoms with Crippen LogP contribution in [-0.2, 0) is 6.54 Å². The van der Waals surface area contributed by atoms with Crippen molar-refractivity contribution in [3.63, 3.8) is 0 Å². The molecule has 0 aliphatic heterocycles. The first-order valence-electron chi connectivity index (χ1n) is 10.7. The number of nitrogens with zero attached hydrogens (tertiary/aromatic N) is 3. The molecular formula is C22H27F2N7O. The van der Waals surface area contributed by atoms with Crippen molar-refractivity contribution in [1.82, 2.24) is 14.8 Å². The third-order valence-electron chi connectivity index (χ3n) is 5.88. The summed E-state index contributed by atoms with van der Waals surface area (Å²) in [5, 5.41) is 11.4. The van der Waals surface area contributed by atoms with Crippen molar-refractivity contribution < 1.29 is 13.6 Å². The molecule has 1 aromatic carbocycles. The van der Waals surface area contributed by atoms with Gasteiger partial charge in [-0.1, -0.05) is 12.8 Å². The number of aryl methyl sites for hydroxylation is 2. The van der Waals surface area contributed by atoms with Crippen molar-refractivity contribution in [1.29, 1.82) is 0 Å². The van der Waals surface area contributed by atoms with Crippen LogP contribution >= 0.6 is 0 Å². The summed E-state index contributed by atoms with van der Waals surface area (Å²) in [5.41, 5.74) is 13.7. The number of nitrogens with two attached hydrogens (primary N) is 2. The first kappa shape index (κ1) is 21.9. The Hall–Kier alpha value is -3.27. The number of pyridine rings is 1. The zero-order valence-electron chi connectivity index (χ0n) is 17.9. The zero-order valence-corrected chi connectivity index (χ0v) is 17.9. The van der Waals surface area contributed by atoms with Gasteiger partial charge in [0.2, 0.25) is 0 Å². The van der Waals surface area contributed by atoms with E-state index in [1.54, 1.807) is 16.8 Å². The fraction of sp³-hybridized carbons (Fsp3) is 0.409. The predicted molar refractivity (Wildman–Crippen MR) is 120 cm³/mol. The third kappa shape index (κ3) is 4.36. The van der Waals surface area contributed by atoms with Gasteiger partial charge in [-0.3, -0.25) is 9.48 Å². The predicted octanol–water partition coefficient (Wildman–Crippen LogP) is 3.37. The van der Waals surface area contributed by atoms with E-state index in [4.69, 9.17) is 11.5 Å². The fourth-order valence-electron chi connectivity index (χ4n) is 4.19.